The number of carbonyl (C=O) groups excluding carboxylic acids is 2. The molecule has 1 aromatic carbocycles. The predicted octanol–water partition coefficient (Wildman–Crippen LogP) is 9.29. The van der Waals surface area contributed by atoms with Crippen LogP contribution in [0.15, 0.2) is 52.0 Å². The first-order valence-corrected chi connectivity index (χ1v) is 13.8. The average Bonchev–Trinajstić information content (AvgIpc) is 3.72. The van der Waals surface area contributed by atoms with Gasteiger partial charge in [0.15, 0.2) is 5.78 Å². The monoisotopic (exact) mass is 545 g/mol. The van der Waals surface area contributed by atoms with E-state index in [0.29, 0.717) is 18.1 Å². The predicted molar refractivity (Wildman–Crippen MR) is 160 cm³/mol. The normalized spacial score (nSPS) is 12.2. The summed E-state index contributed by atoms with van der Waals surface area (Å²) in [4.78, 5) is 21.8. The van der Waals surface area contributed by atoms with Crippen LogP contribution in [-0.4, -0.2) is 25.1 Å². The van der Waals surface area contributed by atoms with Crippen LogP contribution in [0.4, 0.5) is 0 Å². The molecule has 0 spiro atoms. The average molecular weight is 546 g/mol. The second-order valence-electron chi connectivity index (χ2n) is 7.81. The summed E-state index contributed by atoms with van der Waals surface area (Å²) in [7, 11) is 4.50. The topological polar surface area (TPSA) is 58.0 Å². The third kappa shape index (κ3) is 21.3. The molecule has 0 saturated heterocycles. The summed E-state index contributed by atoms with van der Waals surface area (Å²) in [5, 5.41) is 7.58. The molecule has 1 N–H and O–H groups in total. The van der Waals surface area contributed by atoms with Gasteiger partial charge in [0.25, 0.3) is 0 Å². The zero-order chi connectivity index (χ0) is 27.8. The molecule has 196 valence electrons. The molecular weight excluding hydrogens is 497 g/mol. The Balaban J connectivity index is -0.000000425. The van der Waals surface area contributed by atoms with Gasteiger partial charge in [-0.05, 0) is 62.8 Å². The minimum absolute atomic E-state index is 0.0944. The number of hydrogen-bond acceptors (Lipinski definition) is 3. The summed E-state index contributed by atoms with van der Waals surface area (Å²) in [6.45, 7) is 17.3. The standard InChI is InChI=1S/C12H19NO.C9H11Br.C6H10O.C2H6.CH3B/c1-5-7-9(3)8-10(4)12(13)11(14)6-2;1-2-4-8-5-3-6-9(10)7-8;1-2-6(7)5-3-4-5;2*1-2/h7-8,13H,5-6H2,1-4H3;3,5-7H,2,4H2,1H3;5H,2-4H2,1H3;1-2H3;1H3/b9-7+,10-8-,13-12?;;;;. The van der Waals surface area contributed by atoms with Crippen LogP contribution in [0.5, 0.6) is 0 Å². The number of hydrogen-bond donors (Lipinski definition) is 1. The zero-order valence-electron chi connectivity index (χ0n) is 23.8. The second-order valence-corrected chi connectivity index (χ2v) is 8.73. The molecule has 2 rings (SSSR count). The Kier molecular flexibility index (Phi) is 27.4. The molecule has 0 unspecified atom stereocenters. The molecule has 3 nitrogen and oxygen atoms in total. The molecule has 0 aliphatic heterocycles. The first kappa shape index (κ1) is 37.8. The van der Waals surface area contributed by atoms with Gasteiger partial charge in [-0.15, -0.1) is 0 Å². The summed E-state index contributed by atoms with van der Waals surface area (Å²) in [5.74, 6) is 0.841. The van der Waals surface area contributed by atoms with Gasteiger partial charge >= 0.3 is 0 Å². The lowest BCUT2D eigenvalue weighted by Gasteiger charge is -2.01. The third-order valence-corrected chi connectivity index (χ3v) is 5.27. The highest BCUT2D eigenvalue weighted by molar-refractivity contribution is 9.10. The van der Waals surface area contributed by atoms with Crippen LogP contribution in [0.3, 0.4) is 0 Å². The Labute approximate surface area is 226 Å². The lowest BCUT2D eigenvalue weighted by Crippen LogP contribution is -2.12. The van der Waals surface area contributed by atoms with E-state index >= 15 is 0 Å². The number of halogens is 1. The Morgan fingerprint density at radius 2 is 1.63 bits per heavy atom. The Morgan fingerprint density at radius 3 is 2.00 bits per heavy atom. The van der Waals surface area contributed by atoms with E-state index in [9.17, 15) is 9.59 Å². The maximum Gasteiger partial charge on any atom is 0.180 e. The summed E-state index contributed by atoms with van der Waals surface area (Å²) >= 11 is 3.43. The van der Waals surface area contributed by atoms with Gasteiger partial charge in [0, 0.05) is 23.2 Å². The van der Waals surface area contributed by atoms with Crippen molar-refractivity contribution in [2.45, 2.75) is 107 Å². The van der Waals surface area contributed by atoms with Gasteiger partial charge in [-0.2, -0.15) is 0 Å². The highest BCUT2D eigenvalue weighted by atomic mass is 79.9. The van der Waals surface area contributed by atoms with Gasteiger partial charge in [-0.3, -0.25) is 15.0 Å². The van der Waals surface area contributed by atoms with Crippen molar-refractivity contribution in [1.29, 1.82) is 5.41 Å². The van der Waals surface area contributed by atoms with Crippen LogP contribution in [0, 0.1) is 11.3 Å². The number of benzene rings is 1. The molecule has 1 aromatic rings. The zero-order valence-corrected chi connectivity index (χ0v) is 25.3. The molecular formula is C30H49BBrNO2. The van der Waals surface area contributed by atoms with Gasteiger partial charge in [0.05, 0.1) is 13.6 Å². The van der Waals surface area contributed by atoms with Crippen molar-refractivity contribution in [3.63, 3.8) is 0 Å². The summed E-state index contributed by atoms with van der Waals surface area (Å²) in [5.41, 5.74) is 3.41. The molecule has 0 amide bonds. The number of carbonyl (C=O) groups is 2. The number of nitrogens with one attached hydrogen (secondary N) is 1. The highest BCUT2D eigenvalue weighted by Crippen LogP contribution is 2.30. The fourth-order valence-electron chi connectivity index (χ4n) is 2.87. The van der Waals surface area contributed by atoms with Crippen molar-refractivity contribution in [2.24, 2.45) is 5.92 Å². The van der Waals surface area contributed by atoms with Crippen molar-refractivity contribution in [2.75, 3.05) is 0 Å². The minimum Gasteiger partial charge on any atom is -0.299 e. The molecule has 1 saturated carbocycles. The number of rotatable bonds is 9. The highest BCUT2D eigenvalue weighted by Gasteiger charge is 2.27. The van der Waals surface area contributed by atoms with Crippen molar-refractivity contribution < 1.29 is 9.59 Å². The molecule has 35 heavy (non-hydrogen) atoms. The molecule has 2 radical (unpaired) electrons. The number of ketones is 2. The molecule has 5 heteroatoms. The van der Waals surface area contributed by atoms with Gasteiger partial charge in [-0.25, -0.2) is 0 Å². The Hall–Kier alpha value is -1.75. The largest absolute Gasteiger partial charge is 0.299 e. The fraction of sp³-hybridized carbons (Fsp3) is 0.567. The maximum absolute atomic E-state index is 11.2. The van der Waals surface area contributed by atoms with Gasteiger partial charge < -0.3 is 0 Å². The van der Waals surface area contributed by atoms with Gasteiger partial charge in [0.2, 0.25) is 0 Å². The van der Waals surface area contributed by atoms with Crippen molar-refractivity contribution in [3.8, 4) is 0 Å². The Bertz CT molecular complexity index is 780. The molecule has 0 bridgehead atoms. The first-order chi connectivity index (χ1) is 16.7. The summed E-state index contributed by atoms with van der Waals surface area (Å²) < 4.78 is 1.18. The third-order valence-electron chi connectivity index (χ3n) is 4.77. The van der Waals surface area contributed by atoms with E-state index in [-0.39, 0.29) is 11.5 Å². The van der Waals surface area contributed by atoms with E-state index in [1.165, 1.54) is 29.7 Å². The number of allylic oxidation sites excluding steroid dienone is 4. The van der Waals surface area contributed by atoms with Gasteiger partial charge in [0.1, 0.15) is 5.78 Å². The van der Waals surface area contributed by atoms with E-state index < -0.39 is 0 Å². The van der Waals surface area contributed by atoms with E-state index in [4.69, 9.17) is 5.41 Å². The number of aryl methyl sites for hydroxylation is 1. The molecule has 1 aliphatic rings. The van der Waals surface area contributed by atoms with Crippen LogP contribution in [0.25, 0.3) is 0 Å². The quantitative estimate of drug-likeness (QED) is 0.191. The fourth-order valence-corrected chi connectivity index (χ4v) is 3.31. The van der Waals surface area contributed by atoms with E-state index in [2.05, 4.69) is 68.0 Å². The first-order valence-electron chi connectivity index (χ1n) is 13.0. The summed E-state index contributed by atoms with van der Waals surface area (Å²) in [6, 6.07) is 8.46. The van der Waals surface area contributed by atoms with Crippen LogP contribution in [-0.2, 0) is 16.0 Å². The van der Waals surface area contributed by atoms with Crippen LogP contribution in [0.2, 0.25) is 6.82 Å². The molecule has 0 heterocycles. The maximum atomic E-state index is 11.2. The molecule has 1 aliphatic carbocycles. The van der Waals surface area contributed by atoms with Gasteiger partial charge in [-0.1, -0.05) is 101 Å². The minimum atomic E-state index is -0.0944. The number of Topliss-reactive ketones (excluding diaryl/α,β-unsaturated/α-hetero) is 2. The lowest BCUT2D eigenvalue weighted by molar-refractivity contribution is -0.120. The molecule has 0 atom stereocenters. The van der Waals surface area contributed by atoms with E-state index in [0.717, 1.165) is 36.8 Å². The van der Waals surface area contributed by atoms with Crippen LogP contribution in [0.1, 0.15) is 99.5 Å². The molecule has 0 aromatic heterocycles. The van der Waals surface area contributed by atoms with Crippen molar-refractivity contribution >= 4 is 41.1 Å². The molecule has 1 fully saturated rings. The van der Waals surface area contributed by atoms with E-state index in [1.54, 1.807) is 6.92 Å². The SMILES string of the molecule is CC.CC/C=C(C)/C=C(/C)C(=N)C(=O)CC.CCC(=O)C1CC1.CCCc1cccc(Br)c1.[B]C. The lowest BCUT2D eigenvalue weighted by atomic mass is 10.0. The Morgan fingerprint density at radius 1 is 1.06 bits per heavy atom. The second kappa shape index (κ2) is 25.4. The van der Waals surface area contributed by atoms with Crippen molar-refractivity contribution in [1.82, 2.24) is 0 Å². The van der Waals surface area contributed by atoms with Crippen LogP contribution < -0.4 is 0 Å². The smallest absolute Gasteiger partial charge is 0.180 e. The van der Waals surface area contributed by atoms with Crippen LogP contribution >= 0.6 is 15.9 Å². The van der Waals surface area contributed by atoms with E-state index in [1.807, 2.05) is 40.7 Å². The summed E-state index contributed by atoms with van der Waals surface area (Å²) in [6.07, 6.45) is 10.8. The van der Waals surface area contributed by atoms with Crippen molar-refractivity contribution in [3.05, 3.63) is 57.6 Å².